The lowest BCUT2D eigenvalue weighted by Crippen LogP contribution is -2.13. The molecule has 1 aromatic carbocycles. The number of aryl methyl sites for hydroxylation is 1. The molecule has 8 heteroatoms. The molecule has 2 heterocycles. The van der Waals surface area contributed by atoms with Gasteiger partial charge in [0.1, 0.15) is 5.75 Å². The van der Waals surface area contributed by atoms with Crippen LogP contribution in [0.2, 0.25) is 0 Å². The van der Waals surface area contributed by atoms with Gasteiger partial charge in [-0.25, -0.2) is 9.50 Å². The fraction of sp³-hybridized carbons (Fsp3) is 0.200. The SMILES string of the molecule is COc1ccc(-c2cc(C(F)(F)F)n3nc(C)c(Br)c3n2)cc1. The third-order valence-corrected chi connectivity index (χ3v) is 4.30. The fourth-order valence-electron chi connectivity index (χ4n) is 2.21. The third-order valence-electron chi connectivity index (χ3n) is 3.37. The predicted octanol–water partition coefficient (Wildman–Crippen LogP) is 4.49. The van der Waals surface area contributed by atoms with Gasteiger partial charge in [0, 0.05) is 5.56 Å². The molecule has 0 atom stereocenters. The van der Waals surface area contributed by atoms with Crippen LogP contribution in [-0.4, -0.2) is 21.7 Å². The van der Waals surface area contributed by atoms with E-state index in [2.05, 4.69) is 26.0 Å². The molecule has 4 nitrogen and oxygen atoms in total. The molecule has 2 aromatic heterocycles. The van der Waals surface area contributed by atoms with Crippen LogP contribution in [-0.2, 0) is 6.18 Å². The molecule has 0 saturated carbocycles. The van der Waals surface area contributed by atoms with Gasteiger partial charge in [0.2, 0.25) is 0 Å². The molecule has 0 radical (unpaired) electrons. The van der Waals surface area contributed by atoms with Gasteiger partial charge in [0.05, 0.1) is 23.0 Å². The Labute approximate surface area is 138 Å². The molecule has 0 spiro atoms. The number of nitrogens with zero attached hydrogens (tertiary/aromatic N) is 3. The van der Waals surface area contributed by atoms with Crippen LogP contribution in [0.15, 0.2) is 34.8 Å². The maximum absolute atomic E-state index is 13.3. The molecule has 0 fully saturated rings. The maximum atomic E-state index is 13.3. The van der Waals surface area contributed by atoms with Gasteiger partial charge in [-0.2, -0.15) is 18.3 Å². The number of methoxy groups -OCH3 is 1. The Morgan fingerprint density at radius 1 is 1.17 bits per heavy atom. The van der Waals surface area contributed by atoms with Gasteiger partial charge in [-0.05, 0) is 53.2 Å². The van der Waals surface area contributed by atoms with Gasteiger partial charge in [0.15, 0.2) is 11.3 Å². The molecule has 23 heavy (non-hydrogen) atoms. The van der Waals surface area contributed by atoms with Crippen LogP contribution < -0.4 is 4.74 Å². The van der Waals surface area contributed by atoms with Crippen LogP contribution in [0.3, 0.4) is 0 Å². The van der Waals surface area contributed by atoms with Gasteiger partial charge >= 0.3 is 6.18 Å². The molecule has 0 aliphatic rings. The summed E-state index contributed by atoms with van der Waals surface area (Å²) in [7, 11) is 1.52. The van der Waals surface area contributed by atoms with E-state index in [-0.39, 0.29) is 11.3 Å². The van der Waals surface area contributed by atoms with E-state index >= 15 is 0 Å². The summed E-state index contributed by atoms with van der Waals surface area (Å²) in [6.07, 6.45) is -4.54. The number of aromatic nitrogens is 3. The number of rotatable bonds is 2. The van der Waals surface area contributed by atoms with Gasteiger partial charge in [-0.15, -0.1) is 0 Å². The van der Waals surface area contributed by atoms with Crippen molar-refractivity contribution in [1.82, 2.24) is 14.6 Å². The highest BCUT2D eigenvalue weighted by molar-refractivity contribution is 9.10. The number of hydrogen-bond acceptors (Lipinski definition) is 3. The fourth-order valence-corrected chi connectivity index (χ4v) is 2.54. The van der Waals surface area contributed by atoms with Crippen LogP contribution in [0.5, 0.6) is 5.75 Å². The van der Waals surface area contributed by atoms with E-state index in [1.54, 1.807) is 31.2 Å². The van der Waals surface area contributed by atoms with Gasteiger partial charge in [-0.1, -0.05) is 0 Å². The summed E-state index contributed by atoms with van der Waals surface area (Å²) in [6, 6.07) is 7.66. The Morgan fingerprint density at radius 2 is 1.83 bits per heavy atom. The maximum Gasteiger partial charge on any atom is 0.433 e. The largest absolute Gasteiger partial charge is 0.497 e. The zero-order valence-electron chi connectivity index (χ0n) is 12.1. The molecule has 0 saturated heterocycles. The monoisotopic (exact) mass is 385 g/mol. The summed E-state index contributed by atoms with van der Waals surface area (Å²) in [5, 5.41) is 3.91. The second kappa shape index (κ2) is 5.52. The molecular formula is C15H11BrF3N3O. The van der Waals surface area contributed by atoms with Crippen molar-refractivity contribution in [3.8, 4) is 17.0 Å². The minimum absolute atomic E-state index is 0.128. The molecule has 3 aromatic rings. The number of alkyl halides is 3. The minimum Gasteiger partial charge on any atom is -0.497 e. The van der Waals surface area contributed by atoms with Crippen LogP contribution in [0, 0.1) is 6.92 Å². The van der Waals surface area contributed by atoms with E-state index in [1.807, 2.05) is 0 Å². The summed E-state index contributed by atoms with van der Waals surface area (Å²) in [5.41, 5.74) is 0.470. The van der Waals surface area contributed by atoms with Crippen LogP contribution in [0.1, 0.15) is 11.4 Å². The standard InChI is InChI=1S/C15H11BrF3N3O/c1-8-13(16)14-20-11(9-3-5-10(23-2)6-4-9)7-12(15(17,18)19)22(14)21-8/h3-7H,1-2H3. The van der Waals surface area contributed by atoms with Crippen LogP contribution in [0.4, 0.5) is 13.2 Å². The summed E-state index contributed by atoms with van der Waals surface area (Å²) in [6.45, 7) is 1.62. The average molecular weight is 386 g/mol. The Hall–Kier alpha value is -2.09. The first-order valence-electron chi connectivity index (χ1n) is 6.59. The van der Waals surface area contributed by atoms with Crippen LogP contribution in [0.25, 0.3) is 16.9 Å². The zero-order chi connectivity index (χ0) is 16.8. The Bertz CT molecular complexity index is 872. The summed E-state index contributed by atoms with van der Waals surface area (Å²) in [4.78, 5) is 4.31. The van der Waals surface area contributed by atoms with Crippen molar-refractivity contribution < 1.29 is 17.9 Å². The number of benzene rings is 1. The van der Waals surface area contributed by atoms with E-state index in [9.17, 15) is 13.2 Å². The van der Waals surface area contributed by atoms with Crippen molar-refractivity contribution in [2.24, 2.45) is 0 Å². The van der Waals surface area contributed by atoms with E-state index in [0.29, 0.717) is 21.5 Å². The van der Waals surface area contributed by atoms with E-state index in [0.717, 1.165) is 10.6 Å². The molecular weight excluding hydrogens is 375 g/mol. The van der Waals surface area contributed by atoms with Crippen molar-refractivity contribution in [1.29, 1.82) is 0 Å². The van der Waals surface area contributed by atoms with Crippen molar-refractivity contribution in [3.63, 3.8) is 0 Å². The van der Waals surface area contributed by atoms with Gasteiger partial charge < -0.3 is 4.74 Å². The predicted molar refractivity (Wildman–Crippen MR) is 82.4 cm³/mol. The number of fused-ring (bicyclic) bond motifs is 1. The smallest absolute Gasteiger partial charge is 0.433 e. The molecule has 0 N–H and O–H groups in total. The number of ether oxygens (including phenoxy) is 1. The Balaban J connectivity index is 2.27. The first-order chi connectivity index (χ1) is 10.8. The summed E-state index contributed by atoms with van der Waals surface area (Å²) in [5.74, 6) is 0.618. The van der Waals surface area contributed by atoms with Crippen LogP contribution >= 0.6 is 15.9 Å². The van der Waals surface area contributed by atoms with E-state index in [4.69, 9.17) is 4.74 Å². The zero-order valence-corrected chi connectivity index (χ0v) is 13.7. The van der Waals surface area contributed by atoms with Gasteiger partial charge in [0.25, 0.3) is 0 Å². The molecule has 0 unspecified atom stereocenters. The normalized spacial score (nSPS) is 11.9. The first-order valence-corrected chi connectivity index (χ1v) is 7.38. The Kier molecular flexibility index (Phi) is 3.79. The second-order valence-electron chi connectivity index (χ2n) is 4.89. The van der Waals surface area contributed by atoms with Crippen molar-refractivity contribution in [3.05, 3.63) is 46.2 Å². The highest BCUT2D eigenvalue weighted by atomic mass is 79.9. The highest BCUT2D eigenvalue weighted by Crippen LogP contribution is 2.34. The Morgan fingerprint density at radius 3 is 2.39 bits per heavy atom. The van der Waals surface area contributed by atoms with Crippen molar-refractivity contribution in [2.45, 2.75) is 13.1 Å². The summed E-state index contributed by atoms with van der Waals surface area (Å²) < 4.78 is 46.4. The molecule has 120 valence electrons. The average Bonchev–Trinajstić information content (AvgIpc) is 2.80. The van der Waals surface area contributed by atoms with E-state index in [1.165, 1.54) is 7.11 Å². The lowest BCUT2D eigenvalue weighted by molar-refractivity contribution is -0.142. The topological polar surface area (TPSA) is 39.4 Å². The molecule has 0 aliphatic carbocycles. The molecule has 0 bridgehead atoms. The highest BCUT2D eigenvalue weighted by Gasteiger charge is 2.35. The molecule has 0 aliphatic heterocycles. The minimum atomic E-state index is -4.54. The van der Waals surface area contributed by atoms with Crippen molar-refractivity contribution in [2.75, 3.05) is 7.11 Å². The second-order valence-corrected chi connectivity index (χ2v) is 5.68. The van der Waals surface area contributed by atoms with Crippen molar-refractivity contribution >= 4 is 21.6 Å². The molecule has 3 rings (SSSR count). The summed E-state index contributed by atoms with van der Waals surface area (Å²) >= 11 is 3.25. The lowest BCUT2D eigenvalue weighted by atomic mass is 10.1. The van der Waals surface area contributed by atoms with Gasteiger partial charge in [-0.3, -0.25) is 0 Å². The third kappa shape index (κ3) is 2.78. The molecule has 0 amide bonds. The number of halogens is 4. The van der Waals surface area contributed by atoms with E-state index < -0.39 is 11.9 Å². The quantitative estimate of drug-likeness (QED) is 0.652. The first kappa shape index (κ1) is 15.8. The lowest BCUT2D eigenvalue weighted by Gasteiger charge is -2.11. The number of hydrogen-bond donors (Lipinski definition) is 0.